The van der Waals surface area contributed by atoms with E-state index < -0.39 is 288 Å². The molecule has 8 saturated heterocycles. The first-order chi connectivity index (χ1) is 55.7. The van der Waals surface area contributed by atoms with Crippen LogP contribution in [0.3, 0.4) is 0 Å². The van der Waals surface area contributed by atoms with Crippen molar-refractivity contribution >= 4 is 29.8 Å². The molecule has 8 aliphatic heterocycles. The quantitative estimate of drug-likeness (QED) is 0.0257. The van der Waals surface area contributed by atoms with Crippen LogP contribution in [0.1, 0.15) is 224 Å². The molecule has 8 heterocycles. The highest BCUT2D eigenvalue weighted by Gasteiger charge is 2.61. The molecule has 0 saturated carbocycles. The van der Waals surface area contributed by atoms with Crippen LogP contribution in [0, 0.1) is 11.8 Å². The second-order valence-corrected chi connectivity index (χ2v) is 32.8. The van der Waals surface area contributed by atoms with Crippen LogP contribution in [0.5, 0.6) is 0 Å². The largest absolute Gasteiger partial charge is 0.463 e. The minimum absolute atomic E-state index is 0.0901. The van der Waals surface area contributed by atoms with Gasteiger partial charge in [0.1, 0.15) is 116 Å². The highest BCUT2D eigenvalue weighted by Crippen LogP contribution is 2.42. The molecule has 0 aromatic carbocycles. The maximum Gasteiger partial charge on any atom is 0.309 e. The van der Waals surface area contributed by atoms with Crippen molar-refractivity contribution in [3.8, 4) is 0 Å². The third-order valence-corrected chi connectivity index (χ3v) is 23.5. The maximum atomic E-state index is 15.2. The Bertz CT molecular complexity index is 2960. The van der Waals surface area contributed by atoms with Crippen molar-refractivity contribution in [1.29, 1.82) is 0 Å². The van der Waals surface area contributed by atoms with Gasteiger partial charge in [0.2, 0.25) is 0 Å². The number of aliphatic hydroxyl groups is 13. The van der Waals surface area contributed by atoms with E-state index in [2.05, 4.69) is 6.92 Å². The number of esters is 5. The van der Waals surface area contributed by atoms with Gasteiger partial charge in [-0.05, 0) is 73.1 Å². The zero-order valence-corrected chi connectivity index (χ0v) is 69.6. The number of hydrogen-bond donors (Lipinski definition) is 13. The lowest BCUT2D eigenvalue weighted by atomic mass is 9.94. The van der Waals surface area contributed by atoms with Gasteiger partial charge >= 0.3 is 29.8 Å². The summed E-state index contributed by atoms with van der Waals surface area (Å²) in [6, 6.07) is 0. The molecule has 0 amide bonds. The number of carbonyl (C=O) groups excluding carboxylic acids is 5. The fraction of sp³-hybridized carbons (Fsp3) is 0.938. The summed E-state index contributed by atoms with van der Waals surface area (Å²) >= 11 is 0. The standard InChI is InChI=1S/C80H136O37/c1-13-17-18-19-20-21-22-26-29-33-49(83)109-64-53(87)41(9)101-75(61(64)95)113-63-43(11)104-79(71(112-73(98)38(6)16-4)69(63)116-78-68(59(93)55(89)47(35-81)107-78)114-76-62(96)65(54(88)42(10)102-76)111-72(97)37(5)15-3)117-70-66-56(90)48(36-99-44(12)82)108-80(70)115-67-58(92)52(86)40(8)103-77(67)105-45(30-14-2)31-27-24-23-25-28-32-46(34-50(84)110-66)106-74-60(94)57(91)51(85)39(7)100-74/h37-43,45-48,51-71,74-81,85-96H,13-36H2,1-12H3/t37-,38-,39-,40+,41+,42+,43-,45-,46-,47+,48+,51-,52+,53-,54+,55+,56+,57+,58-,59-,60-,61+,62+,63-,64-,65-,66-,67+,68+,69+,70+,71+,74+,75-,76-,77-,78-,79-,80-/m0/s1. The van der Waals surface area contributed by atoms with Crippen molar-refractivity contribution in [3.63, 3.8) is 0 Å². The van der Waals surface area contributed by atoms with Crippen LogP contribution >= 0.6 is 0 Å². The molecule has 2 bridgehead atoms. The summed E-state index contributed by atoms with van der Waals surface area (Å²) in [6.45, 7) is 16.7. The van der Waals surface area contributed by atoms with E-state index in [0.717, 1.165) is 51.9 Å². The average molecular weight is 1690 g/mol. The lowest BCUT2D eigenvalue weighted by Crippen LogP contribution is -2.69. The summed E-state index contributed by atoms with van der Waals surface area (Å²) in [4.78, 5) is 70.1. The smallest absolute Gasteiger partial charge is 0.309 e. The lowest BCUT2D eigenvalue weighted by molar-refractivity contribution is -0.414. The highest BCUT2D eigenvalue weighted by atomic mass is 16.8. The lowest BCUT2D eigenvalue weighted by Gasteiger charge is -2.52. The van der Waals surface area contributed by atoms with E-state index >= 15 is 9.59 Å². The fourth-order valence-corrected chi connectivity index (χ4v) is 15.6. The number of rotatable bonds is 32. The van der Waals surface area contributed by atoms with E-state index in [1.807, 2.05) is 6.92 Å². The van der Waals surface area contributed by atoms with Crippen LogP contribution in [0.2, 0.25) is 0 Å². The molecule has 0 unspecified atom stereocenters. The first kappa shape index (κ1) is 98.7. The summed E-state index contributed by atoms with van der Waals surface area (Å²) in [5, 5.41) is 152. The van der Waals surface area contributed by atoms with E-state index in [-0.39, 0.29) is 19.3 Å². The molecule has 678 valence electrons. The van der Waals surface area contributed by atoms with Crippen LogP contribution in [0.25, 0.3) is 0 Å². The average Bonchev–Trinajstić information content (AvgIpc) is 0.912. The molecule has 39 atom stereocenters. The van der Waals surface area contributed by atoms with Gasteiger partial charge in [0.15, 0.2) is 74.6 Å². The number of unbranched alkanes of at least 4 members (excludes halogenated alkanes) is 8. The summed E-state index contributed by atoms with van der Waals surface area (Å²) < 4.78 is 121. The van der Waals surface area contributed by atoms with Gasteiger partial charge < -0.3 is 156 Å². The molecule has 8 fully saturated rings. The molecule has 0 aromatic heterocycles. The zero-order valence-electron chi connectivity index (χ0n) is 69.6. The summed E-state index contributed by atoms with van der Waals surface area (Å²) in [7, 11) is 0. The third kappa shape index (κ3) is 26.4. The summed E-state index contributed by atoms with van der Waals surface area (Å²) in [5.74, 6) is -6.41. The molecule has 8 rings (SSSR count). The topological polar surface area (TPSA) is 524 Å². The predicted molar refractivity (Wildman–Crippen MR) is 401 cm³/mol. The minimum Gasteiger partial charge on any atom is -0.463 e. The van der Waals surface area contributed by atoms with Crippen molar-refractivity contribution in [2.45, 2.75) is 451 Å². The molecule has 0 aromatic rings. The van der Waals surface area contributed by atoms with E-state index in [1.54, 1.807) is 20.8 Å². The van der Waals surface area contributed by atoms with E-state index in [9.17, 15) is 80.8 Å². The molecule has 0 spiro atoms. The van der Waals surface area contributed by atoms with Gasteiger partial charge in [0.05, 0.1) is 67.6 Å². The predicted octanol–water partition coefficient (Wildman–Crippen LogP) is 1.34. The number of fused-ring (bicyclic) bond motifs is 3. The first-order valence-corrected chi connectivity index (χ1v) is 42.5. The number of carbonyl (C=O) groups is 5. The highest BCUT2D eigenvalue weighted by molar-refractivity contribution is 5.73. The molecular formula is C80H136O37. The number of hydrogen-bond acceptors (Lipinski definition) is 37. The Morgan fingerprint density at radius 3 is 1.50 bits per heavy atom. The second kappa shape index (κ2) is 47.4. The molecule has 0 radical (unpaired) electrons. The van der Waals surface area contributed by atoms with Crippen molar-refractivity contribution in [2.75, 3.05) is 13.2 Å². The van der Waals surface area contributed by atoms with Gasteiger partial charge in [-0.25, -0.2) is 0 Å². The van der Waals surface area contributed by atoms with Crippen molar-refractivity contribution < 1.29 is 180 Å². The molecule has 37 nitrogen and oxygen atoms in total. The monoisotopic (exact) mass is 1690 g/mol. The normalized spacial score (nSPS) is 42.8. The Hall–Kier alpha value is -3.73. The summed E-state index contributed by atoms with van der Waals surface area (Å²) in [5.41, 5.74) is 0. The van der Waals surface area contributed by atoms with Crippen molar-refractivity contribution in [2.24, 2.45) is 11.8 Å². The van der Waals surface area contributed by atoms with Gasteiger partial charge in [0.25, 0.3) is 0 Å². The Kier molecular flexibility index (Phi) is 40.0. The van der Waals surface area contributed by atoms with Crippen molar-refractivity contribution in [3.05, 3.63) is 0 Å². The van der Waals surface area contributed by atoms with E-state index in [0.29, 0.717) is 70.6 Å². The van der Waals surface area contributed by atoms with Gasteiger partial charge in [-0.1, -0.05) is 131 Å². The molecule has 8 aliphatic rings. The molecular weight excluding hydrogens is 1550 g/mol. The fourth-order valence-electron chi connectivity index (χ4n) is 15.6. The Labute approximate surface area is 684 Å². The molecule has 0 aliphatic carbocycles. The van der Waals surface area contributed by atoms with Gasteiger partial charge in [-0.2, -0.15) is 0 Å². The second-order valence-electron chi connectivity index (χ2n) is 32.8. The van der Waals surface area contributed by atoms with E-state index in [1.165, 1.54) is 41.5 Å². The van der Waals surface area contributed by atoms with Crippen LogP contribution in [0.4, 0.5) is 0 Å². The maximum absolute atomic E-state index is 15.2. The van der Waals surface area contributed by atoms with Gasteiger partial charge in [-0.3, -0.25) is 24.0 Å². The van der Waals surface area contributed by atoms with Crippen molar-refractivity contribution in [1.82, 2.24) is 0 Å². The molecule has 117 heavy (non-hydrogen) atoms. The molecule has 37 heteroatoms. The Balaban J connectivity index is 1.27. The van der Waals surface area contributed by atoms with E-state index in [4.69, 9.17) is 90.0 Å². The SMILES string of the molecule is CCCCCCCCCCCC(=O)O[C@H]1[C@@H](O)[C@@H](C)O[C@@H](O[C@@H]2[C@@H](O[C@@H]3O[C@H](CO)[C@@H](O)[C@H](O)[C@H]3O[C@@H]3O[C@H](C)[C@@H](O)[C@H](OC(=O)[C@@H](C)CC)[C@H]3O)[C@@H](OC(=O)[C@@H](C)CC)[C@H](O[C@H]3[C@@H]4O[C@H]5[C@H](O[C@@H](CCC)CCCCCCC[C@H](O[C@H]6O[C@@H](C)[C@H](O)[C@@H](O)[C@@H]6O)CC(=O)O[C@H]3[C@H](O)[C@@H](COC(C)=O)O4)O[C@H](C)[C@@H](O)[C@@H]5O)O[C@H]2C)[C@@H]1O. The van der Waals surface area contributed by atoms with Crippen LogP contribution in [-0.4, -0.2) is 337 Å². The number of aliphatic hydroxyl groups excluding tert-OH is 13. The van der Waals surface area contributed by atoms with Crippen LogP contribution in [-0.2, 0) is 114 Å². The zero-order chi connectivity index (χ0) is 85.8. The molecule has 13 N–H and O–H groups in total. The Morgan fingerprint density at radius 1 is 0.410 bits per heavy atom. The minimum atomic E-state index is -2.24. The summed E-state index contributed by atoms with van der Waals surface area (Å²) in [6.07, 6.45) is -53.4. The van der Waals surface area contributed by atoms with Gasteiger partial charge in [0, 0.05) is 13.3 Å². The van der Waals surface area contributed by atoms with Crippen LogP contribution in [0.15, 0.2) is 0 Å². The first-order valence-electron chi connectivity index (χ1n) is 42.5. The number of ether oxygens (including phenoxy) is 19. The van der Waals surface area contributed by atoms with Gasteiger partial charge in [-0.15, -0.1) is 0 Å². The third-order valence-electron chi connectivity index (χ3n) is 23.5. The van der Waals surface area contributed by atoms with Crippen LogP contribution < -0.4 is 0 Å². The Morgan fingerprint density at radius 2 is 0.915 bits per heavy atom.